The fourth-order valence-electron chi connectivity index (χ4n) is 4.74. The van der Waals surface area contributed by atoms with Gasteiger partial charge in [0.15, 0.2) is 0 Å². The van der Waals surface area contributed by atoms with E-state index in [-0.39, 0.29) is 12.6 Å². The standard InChI is InChI=1S/C26H27FN2O4/c1-3-17-12-18(27)13-21-20-14-19(28-26(32)33-15-16-8-6-5-7-9-16)10-11-23(20)29(24(17)21)22(4-2)25(30)31/h3,5-9,12-13,19,22H,1,4,10-11,14-15H2,2H3,(H,28,32)(H,30,31). The largest absolute Gasteiger partial charge is 0.480 e. The molecule has 2 N–H and O–H groups in total. The Bertz CT molecular complexity index is 1200. The predicted octanol–water partition coefficient (Wildman–Crippen LogP) is 5.24. The van der Waals surface area contributed by atoms with Gasteiger partial charge in [0.1, 0.15) is 18.5 Å². The zero-order chi connectivity index (χ0) is 23.5. The average Bonchev–Trinajstić information content (AvgIpc) is 3.11. The Hall–Kier alpha value is -3.61. The molecule has 0 fully saturated rings. The molecule has 0 bridgehead atoms. The quantitative estimate of drug-likeness (QED) is 0.516. The number of hydrogen-bond acceptors (Lipinski definition) is 3. The van der Waals surface area contributed by atoms with Gasteiger partial charge in [0.05, 0.1) is 5.52 Å². The molecule has 172 valence electrons. The van der Waals surface area contributed by atoms with Gasteiger partial charge in [-0.2, -0.15) is 0 Å². The first-order valence-corrected chi connectivity index (χ1v) is 11.1. The molecule has 0 spiro atoms. The summed E-state index contributed by atoms with van der Waals surface area (Å²) >= 11 is 0. The number of alkyl carbamates (subject to hydrolysis) is 1. The van der Waals surface area contributed by atoms with Crippen molar-refractivity contribution in [2.75, 3.05) is 0 Å². The molecule has 0 saturated heterocycles. The molecular weight excluding hydrogens is 423 g/mol. The van der Waals surface area contributed by atoms with Gasteiger partial charge in [-0.1, -0.05) is 49.9 Å². The van der Waals surface area contributed by atoms with E-state index in [0.717, 1.165) is 16.8 Å². The van der Waals surface area contributed by atoms with Crippen LogP contribution in [0.5, 0.6) is 0 Å². The summed E-state index contributed by atoms with van der Waals surface area (Å²) in [5.74, 6) is -1.33. The van der Waals surface area contributed by atoms with Crippen LogP contribution in [-0.2, 0) is 29.0 Å². The van der Waals surface area contributed by atoms with Crippen LogP contribution in [0.3, 0.4) is 0 Å². The van der Waals surface area contributed by atoms with Crippen molar-refractivity contribution in [2.45, 2.75) is 51.3 Å². The van der Waals surface area contributed by atoms with E-state index in [0.29, 0.717) is 42.1 Å². The van der Waals surface area contributed by atoms with Crippen molar-refractivity contribution in [3.05, 3.63) is 77.2 Å². The molecule has 4 rings (SSSR count). The van der Waals surface area contributed by atoms with Crippen LogP contribution in [0.2, 0.25) is 0 Å². The number of carboxylic acid groups (broad SMARTS) is 1. The van der Waals surface area contributed by atoms with E-state index in [1.807, 2.05) is 41.8 Å². The van der Waals surface area contributed by atoms with E-state index in [2.05, 4.69) is 11.9 Å². The van der Waals surface area contributed by atoms with Crippen LogP contribution in [0.15, 0.2) is 49.0 Å². The van der Waals surface area contributed by atoms with E-state index in [1.54, 1.807) is 6.08 Å². The molecule has 1 amide bonds. The van der Waals surface area contributed by atoms with Crippen molar-refractivity contribution in [1.29, 1.82) is 0 Å². The minimum Gasteiger partial charge on any atom is -0.480 e. The van der Waals surface area contributed by atoms with E-state index in [4.69, 9.17) is 4.74 Å². The number of rotatable bonds is 7. The highest BCUT2D eigenvalue weighted by atomic mass is 19.1. The van der Waals surface area contributed by atoms with Gasteiger partial charge in [0.25, 0.3) is 0 Å². The molecule has 2 unspecified atom stereocenters. The number of nitrogens with one attached hydrogen (secondary N) is 1. The molecule has 2 atom stereocenters. The second-order valence-electron chi connectivity index (χ2n) is 8.30. The van der Waals surface area contributed by atoms with Crippen molar-refractivity contribution in [2.24, 2.45) is 0 Å². The lowest BCUT2D eigenvalue weighted by molar-refractivity contribution is -0.140. The highest BCUT2D eigenvalue weighted by molar-refractivity contribution is 5.94. The smallest absolute Gasteiger partial charge is 0.407 e. The normalized spacial score (nSPS) is 16.1. The number of hydrogen-bond donors (Lipinski definition) is 2. The SMILES string of the molecule is C=Cc1cc(F)cc2c3c(n(C(CC)C(=O)O)c12)CCC(NC(=O)OCc1ccccc1)C3. The van der Waals surface area contributed by atoms with Gasteiger partial charge in [-0.05, 0) is 48.9 Å². The Labute approximate surface area is 191 Å². The molecule has 1 aromatic heterocycles. The molecule has 1 aliphatic carbocycles. The van der Waals surface area contributed by atoms with Gasteiger partial charge in [-0.3, -0.25) is 0 Å². The number of ether oxygens (including phenoxy) is 1. The van der Waals surface area contributed by atoms with Gasteiger partial charge < -0.3 is 19.7 Å². The number of carboxylic acids is 1. The number of carbonyl (C=O) groups is 2. The summed E-state index contributed by atoms with van der Waals surface area (Å²) in [5, 5.41) is 13.4. The Morgan fingerprint density at radius 3 is 2.76 bits per heavy atom. The molecule has 1 heterocycles. The third-order valence-electron chi connectivity index (χ3n) is 6.23. The molecule has 7 heteroatoms. The Morgan fingerprint density at radius 2 is 2.09 bits per heavy atom. The van der Waals surface area contributed by atoms with E-state index >= 15 is 0 Å². The lowest BCUT2D eigenvalue weighted by atomic mass is 9.91. The first-order chi connectivity index (χ1) is 15.9. The lowest BCUT2D eigenvalue weighted by Gasteiger charge is -2.26. The van der Waals surface area contributed by atoms with Crippen LogP contribution in [-0.4, -0.2) is 27.8 Å². The monoisotopic (exact) mass is 450 g/mol. The van der Waals surface area contributed by atoms with Crippen molar-refractivity contribution >= 4 is 29.0 Å². The minimum atomic E-state index is -0.929. The predicted molar refractivity (Wildman–Crippen MR) is 125 cm³/mol. The first-order valence-electron chi connectivity index (χ1n) is 11.1. The minimum absolute atomic E-state index is 0.175. The Morgan fingerprint density at radius 1 is 1.33 bits per heavy atom. The van der Waals surface area contributed by atoms with Crippen LogP contribution in [0.4, 0.5) is 9.18 Å². The van der Waals surface area contributed by atoms with Crippen LogP contribution >= 0.6 is 0 Å². The number of amides is 1. The molecule has 0 aliphatic heterocycles. The van der Waals surface area contributed by atoms with E-state index in [9.17, 15) is 19.1 Å². The molecule has 3 aromatic rings. The summed E-state index contributed by atoms with van der Waals surface area (Å²) < 4.78 is 21.6. The molecule has 33 heavy (non-hydrogen) atoms. The molecule has 0 radical (unpaired) electrons. The average molecular weight is 451 g/mol. The fourth-order valence-corrected chi connectivity index (χ4v) is 4.74. The zero-order valence-electron chi connectivity index (χ0n) is 18.5. The number of nitrogens with zero attached hydrogens (tertiary/aromatic N) is 1. The number of carbonyl (C=O) groups excluding carboxylic acids is 1. The number of benzene rings is 2. The third-order valence-corrected chi connectivity index (χ3v) is 6.23. The Balaban J connectivity index is 1.63. The number of aromatic nitrogens is 1. The number of halogens is 1. The van der Waals surface area contributed by atoms with Crippen molar-refractivity contribution < 1.29 is 23.8 Å². The maximum Gasteiger partial charge on any atom is 0.407 e. The van der Waals surface area contributed by atoms with Crippen LogP contribution in [0, 0.1) is 5.82 Å². The van der Waals surface area contributed by atoms with Crippen molar-refractivity contribution in [1.82, 2.24) is 9.88 Å². The Kier molecular flexibility index (Phi) is 6.49. The molecule has 6 nitrogen and oxygen atoms in total. The summed E-state index contributed by atoms with van der Waals surface area (Å²) in [5.41, 5.74) is 3.88. The maximum atomic E-state index is 14.4. The van der Waals surface area contributed by atoms with Crippen molar-refractivity contribution in [3.8, 4) is 0 Å². The van der Waals surface area contributed by atoms with Crippen LogP contribution < -0.4 is 5.32 Å². The summed E-state index contributed by atoms with van der Waals surface area (Å²) in [7, 11) is 0. The second-order valence-corrected chi connectivity index (χ2v) is 8.30. The summed E-state index contributed by atoms with van der Waals surface area (Å²) in [6.45, 7) is 5.80. The maximum absolute atomic E-state index is 14.4. The van der Waals surface area contributed by atoms with E-state index < -0.39 is 23.9 Å². The fraction of sp³-hybridized carbons (Fsp3) is 0.308. The summed E-state index contributed by atoms with van der Waals surface area (Å²) in [6, 6.07) is 11.3. The topological polar surface area (TPSA) is 80.6 Å². The van der Waals surface area contributed by atoms with Gasteiger partial charge in [0, 0.05) is 22.7 Å². The van der Waals surface area contributed by atoms with E-state index in [1.165, 1.54) is 12.1 Å². The van der Waals surface area contributed by atoms with Crippen LogP contribution in [0.25, 0.3) is 17.0 Å². The molecule has 0 saturated carbocycles. The summed E-state index contributed by atoms with van der Waals surface area (Å²) in [6.07, 6.45) is 3.11. The molecule has 2 aromatic carbocycles. The first kappa shape index (κ1) is 22.6. The second kappa shape index (κ2) is 9.48. The lowest BCUT2D eigenvalue weighted by Crippen LogP contribution is -2.39. The molecular formula is C26H27FN2O4. The van der Waals surface area contributed by atoms with Gasteiger partial charge in [-0.15, -0.1) is 0 Å². The summed E-state index contributed by atoms with van der Waals surface area (Å²) in [4.78, 5) is 24.4. The highest BCUT2D eigenvalue weighted by Crippen LogP contribution is 2.38. The zero-order valence-corrected chi connectivity index (χ0v) is 18.5. The number of fused-ring (bicyclic) bond motifs is 3. The highest BCUT2D eigenvalue weighted by Gasteiger charge is 2.32. The third kappa shape index (κ3) is 4.49. The van der Waals surface area contributed by atoms with Gasteiger partial charge >= 0.3 is 12.1 Å². The van der Waals surface area contributed by atoms with Gasteiger partial charge in [0.2, 0.25) is 0 Å². The van der Waals surface area contributed by atoms with Gasteiger partial charge in [-0.25, -0.2) is 14.0 Å². The van der Waals surface area contributed by atoms with Crippen LogP contribution in [0.1, 0.15) is 48.2 Å². The molecule has 1 aliphatic rings. The number of aliphatic carboxylic acids is 1. The van der Waals surface area contributed by atoms with Crippen molar-refractivity contribution in [3.63, 3.8) is 0 Å².